The van der Waals surface area contributed by atoms with Crippen LogP contribution in [0.5, 0.6) is 0 Å². The number of hydrogen-bond donors (Lipinski definition) is 1. The normalized spacial score (nSPS) is 16.5. The maximum atomic E-state index is 12.8. The topological polar surface area (TPSA) is 75.7 Å². The lowest BCUT2D eigenvalue weighted by Crippen LogP contribution is -2.40. The van der Waals surface area contributed by atoms with E-state index >= 15 is 0 Å². The van der Waals surface area contributed by atoms with Crippen molar-refractivity contribution in [2.45, 2.75) is 17.9 Å². The lowest BCUT2D eigenvalue weighted by Gasteiger charge is -2.26. The van der Waals surface area contributed by atoms with E-state index in [0.717, 1.165) is 5.56 Å². The summed E-state index contributed by atoms with van der Waals surface area (Å²) in [6.07, 6.45) is 0. The van der Waals surface area contributed by atoms with Crippen molar-refractivity contribution < 1.29 is 17.9 Å². The molecule has 1 aliphatic rings. The number of nitrogens with one attached hydrogen (secondary N) is 1. The minimum atomic E-state index is -3.73. The van der Waals surface area contributed by atoms with E-state index in [-0.39, 0.29) is 34.6 Å². The Morgan fingerprint density at radius 1 is 1.11 bits per heavy atom. The molecule has 3 rings (SSSR count). The van der Waals surface area contributed by atoms with Gasteiger partial charge in [-0.25, -0.2) is 8.42 Å². The average Bonchev–Trinajstić information content (AvgIpc) is 2.69. The Morgan fingerprint density at radius 2 is 1.79 bits per heavy atom. The lowest BCUT2D eigenvalue weighted by atomic mass is 10.1. The first-order chi connectivity index (χ1) is 13.3. The summed E-state index contributed by atoms with van der Waals surface area (Å²) in [5, 5.41) is 3.52. The van der Waals surface area contributed by atoms with Crippen molar-refractivity contribution in [1.29, 1.82) is 0 Å². The van der Waals surface area contributed by atoms with Crippen LogP contribution in [0.4, 0.5) is 0 Å². The second kappa shape index (κ2) is 8.80. The summed E-state index contributed by atoms with van der Waals surface area (Å²) in [7, 11) is -3.73. The van der Waals surface area contributed by atoms with Gasteiger partial charge in [0.25, 0.3) is 5.91 Å². The molecule has 1 amide bonds. The molecule has 1 saturated heterocycles. The van der Waals surface area contributed by atoms with Gasteiger partial charge in [-0.2, -0.15) is 4.31 Å². The van der Waals surface area contributed by atoms with E-state index in [1.165, 1.54) is 22.5 Å². The summed E-state index contributed by atoms with van der Waals surface area (Å²) in [5.74, 6) is -0.476. The standard InChI is InChI=1S/C19H20Cl2N2O4S/c1-13(15-4-2-3-5-17(15)20)22-19(24)16-12-14(6-7-18(16)21)28(25,26)23-8-10-27-11-9-23/h2-7,12-13H,8-11H2,1H3,(H,22,24). The van der Waals surface area contributed by atoms with Crippen LogP contribution >= 0.6 is 23.2 Å². The van der Waals surface area contributed by atoms with E-state index in [1.54, 1.807) is 19.1 Å². The van der Waals surface area contributed by atoms with E-state index < -0.39 is 15.9 Å². The van der Waals surface area contributed by atoms with Gasteiger partial charge >= 0.3 is 0 Å². The molecule has 1 N–H and O–H groups in total. The zero-order valence-corrected chi connectivity index (χ0v) is 17.5. The quantitative estimate of drug-likeness (QED) is 0.768. The Hall–Kier alpha value is -1.64. The van der Waals surface area contributed by atoms with Crippen LogP contribution in [-0.2, 0) is 14.8 Å². The molecule has 1 unspecified atom stereocenters. The molecule has 150 valence electrons. The summed E-state index contributed by atoms with van der Waals surface area (Å²) in [4.78, 5) is 12.8. The van der Waals surface area contributed by atoms with Crippen molar-refractivity contribution in [3.05, 3.63) is 63.6 Å². The SMILES string of the molecule is CC(NC(=O)c1cc(S(=O)(=O)N2CCOCC2)ccc1Cl)c1ccccc1Cl. The molecule has 2 aromatic carbocycles. The first kappa shape index (κ1) is 21.1. The van der Waals surface area contributed by atoms with Gasteiger partial charge < -0.3 is 10.1 Å². The minimum Gasteiger partial charge on any atom is -0.379 e. The van der Waals surface area contributed by atoms with Crippen LogP contribution in [0.1, 0.15) is 28.9 Å². The number of rotatable bonds is 5. The number of nitrogens with zero attached hydrogens (tertiary/aromatic N) is 1. The Morgan fingerprint density at radius 3 is 2.46 bits per heavy atom. The van der Waals surface area contributed by atoms with Gasteiger partial charge in [-0.3, -0.25) is 4.79 Å². The highest BCUT2D eigenvalue weighted by Gasteiger charge is 2.28. The highest BCUT2D eigenvalue weighted by atomic mass is 35.5. The summed E-state index contributed by atoms with van der Waals surface area (Å²) in [5.41, 5.74) is 0.848. The molecule has 0 aliphatic carbocycles. The van der Waals surface area contributed by atoms with E-state index in [4.69, 9.17) is 27.9 Å². The Bertz CT molecular complexity index is 976. The van der Waals surface area contributed by atoms with Crippen LogP contribution in [0.25, 0.3) is 0 Å². The maximum absolute atomic E-state index is 12.8. The van der Waals surface area contributed by atoms with Crippen LogP contribution in [-0.4, -0.2) is 44.9 Å². The fourth-order valence-electron chi connectivity index (χ4n) is 2.95. The maximum Gasteiger partial charge on any atom is 0.253 e. The van der Waals surface area contributed by atoms with Gasteiger partial charge in [0.15, 0.2) is 0 Å². The molecule has 6 nitrogen and oxygen atoms in total. The summed E-state index contributed by atoms with van der Waals surface area (Å²) in [6.45, 7) is 3.03. The number of carbonyl (C=O) groups excluding carboxylic acids is 1. The molecular formula is C19H20Cl2N2O4S. The fourth-order valence-corrected chi connectivity index (χ4v) is 4.89. The fraction of sp³-hybridized carbons (Fsp3) is 0.316. The van der Waals surface area contributed by atoms with Gasteiger partial charge in [0.05, 0.1) is 34.7 Å². The second-order valence-electron chi connectivity index (χ2n) is 6.37. The van der Waals surface area contributed by atoms with E-state index in [0.29, 0.717) is 18.2 Å². The molecule has 0 bridgehead atoms. The summed E-state index contributed by atoms with van der Waals surface area (Å²) >= 11 is 12.4. The Labute approximate surface area is 174 Å². The molecule has 28 heavy (non-hydrogen) atoms. The number of ether oxygens (including phenoxy) is 1. The van der Waals surface area contributed by atoms with Crippen molar-refractivity contribution in [3.8, 4) is 0 Å². The zero-order chi connectivity index (χ0) is 20.3. The largest absolute Gasteiger partial charge is 0.379 e. The third-order valence-corrected chi connectivity index (χ3v) is 7.08. The number of halogens is 2. The average molecular weight is 443 g/mol. The molecule has 0 saturated carbocycles. The van der Waals surface area contributed by atoms with Crippen molar-refractivity contribution in [1.82, 2.24) is 9.62 Å². The number of benzene rings is 2. The molecular weight excluding hydrogens is 423 g/mol. The summed E-state index contributed by atoms with van der Waals surface area (Å²) < 4.78 is 32.2. The van der Waals surface area contributed by atoms with Gasteiger partial charge in [0, 0.05) is 18.1 Å². The highest BCUT2D eigenvalue weighted by molar-refractivity contribution is 7.89. The molecule has 0 radical (unpaired) electrons. The van der Waals surface area contributed by atoms with E-state index in [2.05, 4.69) is 5.32 Å². The highest BCUT2D eigenvalue weighted by Crippen LogP contribution is 2.26. The van der Waals surface area contributed by atoms with Crippen LogP contribution in [0.3, 0.4) is 0 Å². The molecule has 0 spiro atoms. The molecule has 0 aromatic heterocycles. The second-order valence-corrected chi connectivity index (χ2v) is 9.13. The van der Waals surface area contributed by atoms with Crippen molar-refractivity contribution in [2.75, 3.05) is 26.3 Å². The monoisotopic (exact) mass is 442 g/mol. The first-order valence-electron chi connectivity index (χ1n) is 8.73. The van der Waals surface area contributed by atoms with Gasteiger partial charge in [-0.15, -0.1) is 0 Å². The number of morpholine rings is 1. The number of carbonyl (C=O) groups is 1. The molecule has 2 aromatic rings. The van der Waals surface area contributed by atoms with Crippen molar-refractivity contribution in [3.63, 3.8) is 0 Å². The number of hydrogen-bond acceptors (Lipinski definition) is 4. The molecule has 9 heteroatoms. The van der Waals surface area contributed by atoms with Crippen molar-refractivity contribution in [2.24, 2.45) is 0 Å². The Balaban J connectivity index is 1.85. The zero-order valence-electron chi connectivity index (χ0n) is 15.2. The molecule has 1 aliphatic heterocycles. The minimum absolute atomic E-state index is 0.0225. The summed E-state index contributed by atoms with van der Waals surface area (Å²) in [6, 6.07) is 10.9. The lowest BCUT2D eigenvalue weighted by molar-refractivity contribution is 0.0730. The third-order valence-electron chi connectivity index (χ3n) is 4.51. The first-order valence-corrected chi connectivity index (χ1v) is 10.9. The molecule has 1 fully saturated rings. The predicted molar refractivity (Wildman–Crippen MR) is 108 cm³/mol. The molecule has 1 atom stereocenters. The van der Waals surface area contributed by atoms with Gasteiger partial charge in [0.2, 0.25) is 10.0 Å². The van der Waals surface area contributed by atoms with Gasteiger partial charge in [0.1, 0.15) is 0 Å². The molecule has 1 heterocycles. The van der Waals surface area contributed by atoms with E-state index in [9.17, 15) is 13.2 Å². The number of sulfonamides is 1. The third kappa shape index (κ3) is 4.50. The smallest absolute Gasteiger partial charge is 0.253 e. The predicted octanol–water partition coefficient (Wildman–Crippen LogP) is 3.51. The van der Waals surface area contributed by atoms with Gasteiger partial charge in [-0.1, -0.05) is 41.4 Å². The van der Waals surface area contributed by atoms with Crippen LogP contribution in [0.15, 0.2) is 47.4 Å². The van der Waals surface area contributed by atoms with Crippen molar-refractivity contribution >= 4 is 39.1 Å². The van der Waals surface area contributed by atoms with E-state index in [1.807, 2.05) is 12.1 Å². The van der Waals surface area contributed by atoms with Crippen LogP contribution in [0.2, 0.25) is 10.0 Å². The van der Waals surface area contributed by atoms with Gasteiger partial charge in [-0.05, 0) is 36.8 Å². The van der Waals surface area contributed by atoms with Crippen LogP contribution < -0.4 is 5.32 Å². The van der Waals surface area contributed by atoms with Crippen LogP contribution in [0, 0.1) is 0 Å². The Kier molecular flexibility index (Phi) is 6.62. The number of amides is 1.